The van der Waals surface area contributed by atoms with Crippen molar-refractivity contribution in [3.05, 3.63) is 69.0 Å². The molecule has 0 unspecified atom stereocenters. The van der Waals surface area contributed by atoms with E-state index in [1.165, 1.54) is 28.6 Å². The highest BCUT2D eigenvalue weighted by atomic mass is 79.9. The molecular weight excluding hydrogens is 462 g/mol. The van der Waals surface area contributed by atoms with Crippen molar-refractivity contribution in [2.75, 3.05) is 5.84 Å². The fourth-order valence-electron chi connectivity index (χ4n) is 2.52. The summed E-state index contributed by atoms with van der Waals surface area (Å²) in [6.07, 6.45) is 0. The molecule has 0 amide bonds. The van der Waals surface area contributed by atoms with Crippen LogP contribution in [0.15, 0.2) is 62.7 Å². The van der Waals surface area contributed by atoms with E-state index in [2.05, 4.69) is 36.3 Å². The second-order valence-corrected chi connectivity index (χ2v) is 7.56. The monoisotopic (exact) mass is 473 g/mol. The standard InChI is InChI=1S/C17H12BrN7O3S/c18-13-7-2-1-6-12(13)16-21-22-17(24(16)19)29-9-14-20-15(23-28-14)10-4-3-5-11(8-10)25(26)27/h1-8H,9,19H2. The number of nitrogens with zero attached hydrogens (tertiary/aromatic N) is 6. The van der Waals surface area contributed by atoms with Crippen LogP contribution in [0.5, 0.6) is 0 Å². The lowest BCUT2D eigenvalue weighted by Gasteiger charge is -2.04. The Morgan fingerprint density at radius 3 is 2.83 bits per heavy atom. The lowest BCUT2D eigenvalue weighted by atomic mass is 10.2. The van der Waals surface area contributed by atoms with Gasteiger partial charge >= 0.3 is 0 Å². The second-order valence-electron chi connectivity index (χ2n) is 5.76. The number of non-ortho nitro benzene ring substituents is 1. The average molecular weight is 474 g/mol. The molecule has 0 saturated carbocycles. The summed E-state index contributed by atoms with van der Waals surface area (Å²) in [5, 5.41) is 23.5. The fourth-order valence-corrected chi connectivity index (χ4v) is 3.67. The molecule has 0 atom stereocenters. The van der Waals surface area contributed by atoms with Crippen LogP contribution >= 0.6 is 27.7 Å². The number of hydrogen-bond acceptors (Lipinski definition) is 9. The molecule has 4 aromatic rings. The molecule has 146 valence electrons. The van der Waals surface area contributed by atoms with E-state index in [4.69, 9.17) is 10.4 Å². The number of nitro benzene ring substituents is 1. The van der Waals surface area contributed by atoms with Crippen LogP contribution in [0.3, 0.4) is 0 Å². The van der Waals surface area contributed by atoms with Gasteiger partial charge in [-0.25, -0.2) is 4.68 Å². The van der Waals surface area contributed by atoms with Gasteiger partial charge in [0.15, 0.2) is 5.82 Å². The molecule has 0 aliphatic heterocycles. The quantitative estimate of drug-likeness (QED) is 0.192. The van der Waals surface area contributed by atoms with Crippen molar-refractivity contribution in [1.29, 1.82) is 0 Å². The van der Waals surface area contributed by atoms with Gasteiger partial charge in [-0.2, -0.15) is 4.98 Å². The van der Waals surface area contributed by atoms with Crippen LogP contribution in [-0.2, 0) is 5.75 Å². The summed E-state index contributed by atoms with van der Waals surface area (Å²) < 4.78 is 7.48. The molecule has 0 bridgehead atoms. The molecule has 2 aromatic carbocycles. The molecule has 4 rings (SSSR count). The van der Waals surface area contributed by atoms with Gasteiger partial charge in [-0.1, -0.05) is 57.1 Å². The molecule has 2 N–H and O–H groups in total. The first-order valence-electron chi connectivity index (χ1n) is 8.18. The molecule has 0 spiro atoms. The number of aromatic nitrogens is 5. The Morgan fingerprint density at radius 1 is 1.21 bits per heavy atom. The summed E-state index contributed by atoms with van der Waals surface area (Å²) in [5.41, 5.74) is 1.27. The van der Waals surface area contributed by atoms with Crippen molar-refractivity contribution in [3.8, 4) is 22.8 Å². The predicted molar refractivity (Wildman–Crippen MR) is 109 cm³/mol. The Balaban J connectivity index is 1.49. The van der Waals surface area contributed by atoms with E-state index in [9.17, 15) is 10.1 Å². The number of nitrogen functional groups attached to an aromatic ring is 1. The average Bonchev–Trinajstić information content (AvgIpc) is 3.34. The fraction of sp³-hybridized carbons (Fsp3) is 0.0588. The Hall–Kier alpha value is -3.25. The van der Waals surface area contributed by atoms with Crippen molar-refractivity contribution >= 4 is 33.4 Å². The van der Waals surface area contributed by atoms with Crippen molar-refractivity contribution in [2.45, 2.75) is 10.9 Å². The highest BCUT2D eigenvalue weighted by Crippen LogP contribution is 2.29. The van der Waals surface area contributed by atoms with Gasteiger partial charge < -0.3 is 10.4 Å². The lowest BCUT2D eigenvalue weighted by Crippen LogP contribution is -2.11. The van der Waals surface area contributed by atoms with Gasteiger partial charge in [-0.05, 0) is 12.1 Å². The first-order chi connectivity index (χ1) is 14.0. The molecule has 29 heavy (non-hydrogen) atoms. The second kappa shape index (κ2) is 8.01. The number of nitro groups is 1. The molecule has 0 radical (unpaired) electrons. The molecule has 0 aliphatic carbocycles. The van der Waals surface area contributed by atoms with Crippen molar-refractivity contribution in [1.82, 2.24) is 25.0 Å². The SMILES string of the molecule is Nn1c(SCc2nc(-c3cccc([N+](=O)[O-])c3)no2)nnc1-c1ccccc1Br. The van der Waals surface area contributed by atoms with E-state index in [1.807, 2.05) is 24.3 Å². The van der Waals surface area contributed by atoms with Crippen molar-refractivity contribution in [2.24, 2.45) is 0 Å². The van der Waals surface area contributed by atoms with E-state index in [0.29, 0.717) is 28.2 Å². The van der Waals surface area contributed by atoms with Crippen LogP contribution in [-0.4, -0.2) is 29.9 Å². The third-order valence-electron chi connectivity index (χ3n) is 3.89. The summed E-state index contributed by atoms with van der Waals surface area (Å²) in [6.45, 7) is 0. The highest BCUT2D eigenvalue weighted by molar-refractivity contribution is 9.10. The van der Waals surface area contributed by atoms with Crippen LogP contribution in [0, 0.1) is 10.1 Å². The molecule has 0 fully saturated rings. The zero-order valence-electron chi connectivity index (χ0n) is 14.6. The van der Waals surface area contributed by atoms with E-state index < -0.39 is 4.92 Å². The summed E-state index contributed by atoms with van der Waals surface area (Å²) in [7, 11) is 0. The number of nitrogens with two attached hydrogens (primary N) is 1. The molecule has 12 heteroatoms. The van der Waals surface area contributed by atoms with E-state index in [-0.39, 0.29) is 11.5 Å². The van der Waals surface area contributed by atoms with Crippen LogP contribution in [0.4, 0.5) is 5.69 Å². The largest absolute Gasteiger partial charge is 0.338 e. The smallest absolute Gasteiger partial charge is 0.270 e. The normalized spacial score (nSPS) is 10.9. The Kier molecular flexibility index (Phi) is 5.27. The number of rotatable bonds is 6. The van der Waals surface area contributed by atoms with Gasteiger partial charge in [0.2, 0.25) is 16.9 Å². The Bertz CT molecular complexity index is 1190. The molecule has 0 aliphatic rings. The minimum Gasteiger partial charge on any atom is -0.338 e. The Labute approximate surface area is 176 Å². The molecular formula is C17H12BrN7O3S. The van der Waals surface area contributed by atoms with Gasteiger partial charge in [0.05, 0.1) is 10.7 Å². The van der Waals surface area contributed by atoms with Crippen molar-refractivity contribution in [3.63, 3.8) is 0 Å². The van der Waals surface area contributed by atoms with Crippen LogP contribution in [0.25, 0.3) is 22.8 Å². The van der Waals surface area contributed by atoms with Crippen LogP contribution in [0.2, 0.25) is 0 Å². The predicted octanol–water partition coefficient (Wildman–Crippen LogP) is 3.67. The number of thioether (sulfide) groups is 1. The molecule has 2 aromatic heterocycles. The van der Waals surface area contributed by atoms with Gasteiger partial charge in [-0.15, -0.1) is 10.2 Å². The lowest BCUT2D eigenvalue weighted by molar-refractivity contribution is -0.384. The van der Waals surface area contributed by atoms with Crippen LogP contribution < -0.4 is 5.84 Å². The minimum atomic E-state index is -0.475. The zero-order valence-corrected chi connectivity index (χ0v) is 17.0. The minimum absolute atomic E-state index is 0.0425. The van der Waals surface area contributed by atoms with E-state index in [0.717, 1.165) is 10.0 Å². The number of benzene rings is 2. The maximum atomic E-state index is 10.9. The number of hydrogen-bond donors (Lipinski definition) is 1. The molecule has 10 nitrogen and oxygen atoms in total. The molecule has 0 saturated heterocycles. The first kappa shape index (κ1) is 19.1. The van der Waals surface area contributed by atoms with Gasteiger partial charge in [0.25, 0.3) is 5.69 Å². The summed E-state index contributed by atoms with van der Waals surface area (Å²) >= 11 is 4.75. The maximum Gasteiger partial charge on any atom is 0.270 e. The van der Waals surface area contributed by atoms with Gasteiger partial charge in [0.1, 0.15) is 0 Å². The summed E-state index contributed by atoms with van der Waals surface area (Å²) in [6, 6.07) is 13.6. The van der Waals surface area contributed by atoms with E-state index in [1.54, 1.807) is 12.1 Å². The zero-order chi connectivity index (χ0) is 20.4. The molecule has 2 heterocycles. The van der Waals surface area contributed by atoms with Crippen LogP contribution in [0.1, 0.15) is 5.89 Å². The highest BCUT2D eigenvalue weighted by Gasteiger charge is 2.17. The summed E-state index contributed by atoms with van der Waals surface area (Å²) in [4.78, 5) is 14.7. The van der Waals surface area contributed by atoms with Gasteiger partial charge in [0, 0.05) is 27.7 Å². The third-order valence-corrected chi connectivity index (χ3v) is 5.51. The maximum absolute atomic E-state index is 10.9. The van der Waals surface area contributed by atoms with Gasteiger partial charge in [-0.3, -0.25) is 10.1 Å². The number of halogens is 1. The third kappa shape index (κ3) is 3.98. The summed E-state index contributed by atoms with van der Waals surface area (Å²) in [5.74, 6) is 7.56. The first-order valence-corrected chi connectivity index (χ1v) is 9.96. The van der Waals surface area contributed by atoms with Crippen molar-refractivity contribution < 1.29 is 9.45 Å². The Morgan fingerprint density at radius 2 is 2.03 bits per heavy atom. The topological polar surface area (TPSA) is 139 Å². The van der Waals surface area contributed by atoms with E-state index >= 15 is 0 Å².